The number of hydrogen-bond donors (Lipinski definition) is 1. The van der Waals surface area contributed by atoms with Gasteiger partial charge in [0.25, 0.3) is 0 Å². The lowest BCUT2D eigenvalue weighted by Gasteiger charge is -2.33. The summed E-state index contributed by atoms with van der Waals surface area (Å²) in [4.78, 5) is 18.8. The molecule has 1 aliphatic heterocycles. The quantitative estimate of drug-likeness (QED) is 0.786. The van der Waals surface area contributed by atoms with Crippen molar-refractivity contribution >= 4 is 11.7 Å². The molecule has 0 bridgehead atoms. The Hall–Kier alpha value is -3.09. The van der Waals surface area contributed by atoms with Crippen LogP contribution in [0.25, 0.3) is 5.69 Å². The van der Waals surface area contributed by atoms with Crippen LogP contribution in [-0.4, -0.2) is 43.4 Å². The second kappa shape index (κ2) is 7.43. The first-order valence-electron chi connectivity index (χ1n) is 8.90. The lowest BCUT2D eigenvalue weighted by Crippen LogP contribution is -2.43. The van der Waals surface area contributed by atoms with Crippen LogP contribution in [0, 0.1) is 5.92 Å². The van der Waals surface area contributed by atoms with Gasteiger partial charge >= 0.3 is 6.03 Å². The number of carbonyl (C=O) groups is 1. The molecule has 0 aliphatic carbocycles. The van der Waals surface area contributed by atoms with E-state index < -0.39 is 0 Å². The van der Waals surface area contributed by atoms with Crippen LogP contribution < -0.4 is 5.32 Å². The molecule has 1 aromatic carbocycles. The highest BCUT2D eigenvalue weighted by Crippen LogP contribution is 2.22. The predicted molar refractivity (Wildman–Crippen MR) is 99.1 cm³/mol. The van der Waals surface area contributed by atoms with Crippen molar-refractivity contribution in [1.82, 2.24) is 24.2 Å². The number of nitrogens with zero attached hydrogens (tertiary/aromatic N) is 5. The average molecular weight is 350 g/mol. The molecule has 1 fully saturated rings. The summed E-state index contributed by atoms with van der Waals surface area (Å²) in [6.45, 7) is 2.44. The van der Waals surface area contributed by atoms with Gasteiger partial charge in [-0.1, -0.05) is 12.1 Å². The van der Waals surface area contributed by atoms with Gasteiger partial charge in [-0.05, 0) is 37.0 Å². The maximum atomic E-state index is 12.8. The Morgan fingerprint density at radius 2 is 2.12 bits per heavy atom. The van der Waals surface area contributed by atoms with Crippen molar-refractivity contribution in [2.75, 3.05) is 18.4 Å². The Kier molecular flexibility index (Phi) is 4.68. The molecule has 1 atom stereocenters. The van der Waals surface area contributed by atoms with Crippen LogP contribution in [-0.2, 0) is 6.54 Å². The summed E-state index contributed by atoms with van der Waals surface area (Å²) in [5.41, 5.74) is 1.62. The van der Waals surface area contributed by atoms with Gasteiger partial charge < -0.3 is 14.8 Å². The number of piperidine rings is 1. The topological polar surface area (TPSA) is 68.0 Å². The smallest absolute Gasteiger partial charge is 0.321 e. The normalized spacial score (nSPS) is 17.2. The third-order valence-electron chi connectivity index (χ3n) is 4.73. The van der Waals surface area contributed by atoms with Crippen LogP contribution in [0.15, 0.2) is 61.4 Å². The average Bonchev–Trinajstić information content (AvgIpc) is 3.36. The number of likely N-dealkylation sites (tertiary alicyclic amines) is 1. The van der Waals surface area contributed by atoms with Crippen molar-refractivity contribution in [3.8, 4) is 5.69 Å². The molecule has 134 valence electrons. The highest BCUT2D eigenvalue weighted by molar-refractivity contribution is 5.91. The summed E-state index contributed by atoms with van der Waals surface area (Å²) in [5, 5.41) is 7.32. The van der Waals surface area contributed by atoms with Crippen LogP contribution in [0.3, 0.4) is 0 Å². The molecule has 0 unspecified atom stereocenters. The maximum absolute atomic E-state index is 12.8. The molecule has 0 spiro atoms. The summed E-state index contributed by atoms with van der Waals surface area (Å²) in [7, 11) is 0. The number of nitrogens with one attached hydrogen (secondary N) is 1. The number of imidazole rings is 1. The second-order valence-corrected chi connectivity index (χ2v) is 6.61. The van der Waals surface area contributed by atoms with Crippen molar-refractivity contribution in [2.24, 2.45) is 5.92 Å². The van der Waals surface area contributed by atoms with Crippen molar-refractivity contribution in [3.05, 3.63) is 61.4 Å². The number of urea groups is 1. The van der Waals surface area contributed by atoms with Gasteiger partial charge in [-0.2, -0.15) is 5.10 Å². The fourth-order valence-electron chi connectivity index (χ4n) is 3.48. The summed E-state index contributed by atoms with van der Waals surface area (Å²) in [5.74, 6) is 0.449. The van der Waals surface area contributed by atoms with Gasteiger partial charge in [0.1, 0.15) is 0 Å². The highest BCUT2D eigenvalue weighted by Gasteiger charge is 2.24. The fourth-order valence-corrected chi connectivity index (χ4v) is 3.48. The van der Waals surface area contributed by atoms with E-state index in [1.807, 2.05) is 54.0 Å². The van der Waals surface area contributed by atoms with Gasteiger partial charge in [0.05, 0.1) is 17.7 Å². The zero-order valence-corrected chi connectivity index (χ0v) is 14.5. The zero-order valence-electron chi connectivity index (χ0n) is 14.5. The van der Waals surface area contributed by atoms with Gasteiger partial charge in [0, 0.05) is 44.4 Å². The van der Waals surface area contributed by atoms with Crippen molar-refractivity contribution < 1.29 is 4.79 Å². The standard InChI is InChI=1S/C19H22N6O/c26-19(22-17-6-1-2-7-18(17)25-11-4-8-21-25)24-10-3-5-16(14-24)13-23-12-9-20-15-23/h1-2,4,6-9,11-12,15-16H,3,5,10,13-14H2,(H,22,26)/t16-/m0/s1. The van der Waals surface area contributed by atoms with E-state index in [2.05, 4.69) is 20.0 Å². The van der Waals surface area contributed by atoms with Gasteiger partial charge in [-0.15, -0.1) is 0 Å². The van der Waals surface area contributed by atoms with E-state index in [0.717, 1.165) is 43.9 Å². The summed E-state index contributed by atoms with van der Waals surface area (Å²) < 4.78 is 3.84. The Morgan fingerprint density at radius 3 is 2.92 bits per heavy atom. The first-order valence-corrected chi connectivity index (χ1v) is 8.90. The van der Waals surface area contributed by atoms with Crippen LogP contribution in [0.4, 0.5) is 10.5 Å². The van der Waals surface area contributed by atoms with Crippen LogP contribution >= 0.6 is 0 Å². The molecule has 3 heterocycles. The number of para-hydroxylation sites is 2. The molecule has 3 aromatic rings. The highest BCUT2D eigenvalue weighted by atomic mass is 16.2. The number of benzene rings is 1. The van der Waals surface area contributed by atoms with E-state index in [0.29, 0.717) is 5.92 Å². The number of anilines is 1. The van der Waals surface area contributed by atoms with E-state index in [9.17, 15) is 4.79 Å². The maximum Gasteiger partial charge on any atom is 0.321 e. The molecular weight excluding hydrogens is 328 g/mol. The monoisotopic (exact) mass is 350 g/mol. The third kappa shape index (κ3) is 3.61. The van der Waals surface area contributed by atoms with Gasteiger partial charge in [-0.3, -0.25) is 0 Å². The predicted octanol–water partition coefficient (Wildman–Crippen LogP) is 3.01. The Balaban J connectivity index is 1.43. The largest absolute Gasteiger partial charge is 0.337 e. The molecule has 4 rings (SSSR count). The zero-order chi connectivity index (χ0) is 17.8. The summed E-state index contributed by atoms with van der Waals surface area (Å²) in [6.07, 6.45) is 11.3. The molecular formula is C19H22N6O. The van der Waals surface area contributed by atoms with Gasteiger partial charge in [0.2, 0.25) is 0 Å². The second-order valence-electron chi connectivity index (χ2n) is 6.61. The summed E-state index contributed by atoms with van der Waals surface area (Å²) >= 11 is 0. The van der Waals surface area contributed by atoms with E-state index >= 15 is 0 Å². The Bertz CT molecular complexity index is 843. The fraction of sp³-hybridized carbons (Fsp3) is 0.316. The summed E-state index contributed by atoms with van der Waals surface area (Å²) in [6, 6.07) is 9.52. The minimum absolute atomic E-state index is 0.0556. The van der Waals surface area contributed by atoms with Crippen LogP contribution in [0.5, 0.6) is 0 Å². The molecule has 1 N–H and O–H groups in total. The van der Waals surface area contributed by atoms with Crippen LogP contribution in [0.1, 0.15) is 12.8 Å². The number of amides is 2. The molecule has 0 saturated carbocycles. The first kappa shape index (κ1) is 16.4. The van der Waals surface area contributed by atoms with E-state index in [1.54, 1.807) is 17.1 Å². The molecule has 0 radical (unpaired) electrons. The number of carbonyl (C=O) groups excluding carboxylic acids is 1. The molecule has 7 heteroatoms. The Labute approximate surface area is 152 Å². The molecule has 1 aliphatic rings. The van der Waals surface area contributed by atoms with Crippen molar-refractivity contribution in [1.29, 1.82) is 0 Å². The number of aromatic nitrogens is 4. The van der Waals surface area contributed by atoms with Crippen molar-refractivity contribution in [3.63, 3.8) is 0 Å². The molecule has 7 nitrogen and oxygen atoms in total. The SMILES string of the molecule is O=C(Nc1ccccc1-n1cccn1)N1CCC[C@@H](Cn2ccnc2)C1. The number of hydrogen-bond acceptors (Lipinski definition) is 3. The van der Waals surface area contributed by atoms with E-state index in [-0.39, 0.29) is 6.03 Å². The van der Waals surface area contributed by atoms with E-state index in [1.165, 1.54) is 0 Å². The molecule has 2 aromatic heterocycles. The molecule has 26 heavy (non-hydrogen) atoms. The minimum atomic E-state index is -0.0556. The Morgan fingerprint density at radius 1 is 1.19 bits per heavy atom. The first-order chi connectivity index (χ1) is 12.8. The van der Waals surface area contributed by atoms with Gasteiger partial charge in [0.15, 0.2) is 0 Å². The van der Waals surface area contributed by atoms with Crippen molar-refractivity contribution in [2.45, 2.75) is 19.4 Å². The molecule has 1 saturated heterocycles. The van der Waals surface area contributed by atoms with Crippen LogP contribution in [0.2, 0.25) is 0 Å². The lowest BCUT2D eigenvalue weighted by atomic mass is 9.98. The lowest BCUT2D eigenvalue weighted by molar-refractivity contribution is 0.170. The minimum Gasteiger partial charge on any atom is -0.337 e. The molecule has 2 amide bonds. The van der Waals surface area contributed by atoms with E-state index in [4.69, 9.17) is 0 Å². The number of rotatable bonds is 4. The van der Waals surface area contributed by atoms with Gasteiger partial charge in [-0.25, -0.2) is 14.5 Å². The third-order valence-corrected chi connectivity index (χ3v) is 4.73.